The van der Waals surface area contributed by atoms with Gasteiger partial charge in [0, 0.05) is 22.7 Å². The Morgan fingerprint density at radius 3 is 2.36 bits per heavy atom. The summed E-state index contributed by atoms with van der Waals surface area (Å²) in [6, 6.07) is 21.4. The number of thioether (sulfide) groups is 1. The first-order valence-electron chi connectivity index (χ1n) is 14.1. The van der Waals surface area contributed by atoms with Gasteiger partial charge >= 0.3 is 11.9 Å². The molecule has 1 atom stereocenters. The summed E-state index contributed by atoms with van der Waals surface area (Å²) in [6.45, 7) is 0.861. The maximum Gasteiger partial charge on any atom is 0.341 e. The minimum absolute atomic E-state index is 0.00511. The molecule has 1 aliphatic rings. The van der Waals surface area contributed by atoms with Crippen LogP contribution in [0.25, 0.3) is 0 Å². The van der Waals surface area contributed by atoms with E-state index in [4.69, 9.17) is 15.2 Å². The molecule has 0 radical (unpaired) electrons. The van der Waals surface area contributed by atoms with Gasteiger partial charge in [-0.2, -0.15) is 0 Å². The summed E-state index contributed by atoms with van der Waals surface area (Å²) >= 11 is 2.13. The SMILES string of the molecule is COC(=O)c1c(NC(=O)COC(=O)c2ccc(N3C(=O)CC(Sc4cccc(N)c4)C3=O)cc2)sc(C(=O)Nc2ccccc2)c1C. The van der Waals surface area contributed by atoms with Crippen molar-refractivity contribution in [3.8, 4) is 0 Å². The fraction of sp³-hybridized carbons (Fsp3) is 0.152. The van der Waals surface area contributed by atoms with Crippen molar-refractivity contribution in [2.45, 2.75) is 23.5 Å². The number of imide groups is 1. The minimum Gasteiger partial charge on any atom is -0.465 e. The van der Waals surface area contributed by atoms with Crippen LogP contribution in [0.15, 0.2) is 83.8 Å². The molecule has 3 aromatic carbocycles. The van der Waals surface area contributed by atoms with E-state index in [0.717, 1.165) is 21.1 Å². The maximum absolute atomic E-state index is 13.0. The number of anilines is 4. The first-order valence-corrected chi connectivity index (χ1v) is 15.8. The quantitative estimate of drug-likeness (QED) is 0.119. The van der Waals surface area contributed by atoms with Crippen molar-refractivity contribution in [1.82, 2.24) is 0 Å². The highest BCUT2D eigenvalue weighted by Gasteiger charge is 2.40. The molecule has 0 spiro atoms. The van der Waals surface area contributed by atoms with Gasteiger partial charge in [-0.3, -0.25) is 19.2 Å². The summed E-state index contributed by atoms with van der Waals surface area (Å²) in [5, 5.41) is 4.71. The molecule has 240 valence electrons. The number of hydrogen-bond donors (Lipinski definition) is 3. The molecule has 1 unspecified atom stereocenters. The van der Waals surface area contributed by atoms with E-state index in [1.54, 1.807) is 55.5 Å². The Morgan fingerprint density at radius 1 is 0.957 bits per heavy atom. The number of para-hydroxylation sites is 1. The Bertz CT molecular complexity index is 1880. The molecule has 2 heterocycles. The highest BCUT2D eigenvalue weighted by molar-refractivity contribution is 8.00. The molecule has 4 aromatic rings. The number of nitrogens with zero attached hydrogens (tertiary/aromatic N) is 1. The van der Waals surface area contributed by atoms with Crippen molar-refractivity contribution in [3.63, 3.8) is 0 Å². The molecule has 47 heavy (non-hydrogen) atoms. The van der Waals surface area contributed by atoms with Gasteiger partial charge in [-0.05, 0) is 67.1 Å². The molecule has 0 saturated carbocycles. The molecule has 0 bridgehead atoms. The predicted molar refractivity (Wildman–Crippen MR) is 178 cm³/mol. The topological polar surface area (TPSA) is 174 Å². The molecule has 1 saturated heterocycles. The van der Waals surface area contributed by atoms with Crippen molar-refractivity contribution in [2.24, 2.45) is 0 Å². The number of carbonyl (C=O) groups is 6. The highest BCUT2D eigenvalue weighted by atomic mass is 32.2. The largest absolute Gasteiger partial charge is 0.465 e. The number of nitrogens with one attached hydrogen (secondary N) is 2. The number of nitrogens with two attached hydrogens (primary N) is 1. The van der Waals surface area contributed by atoms with Crippen LogP contribution in [0, 0.1) is 6.92 Å². The number of esters is 2. The summed E-state index contributed by atoms with van der Waals surface area (Å²) in [5.74, 6) is -3.58. The lowest BCUT2D eigenvalue weighted by Gasteiger charge is -2.15. The average Bonchev–Trinajstić information content (AvgIpc) is 3.53. The van der Waals surface area contributed by atoms with E-state index in [1.165, 1.54) is 43.1 Å². The van der Waals surface area contributed by atoms with Crippen LogP contribution in [0.3, 0.4) is 0 Å². The van der Waals surface area contributed by atoms with Crippen molar-refractivity contribution in [2.75, 3.05) is 35.0 Å². The normalized spacial score (nSPS) is 14.1. The molecule has 14 heteroatoms. The van der Waals surface area contributed by atoms with E-state index in [9.17, 15) is 28.8 Å². The van der Waals surface area contributed by atoms with Crippen molar-refractivity contribution < 1.29 is 38.2 Å². The number of methoxy groups -OCH3 is 1. The average molecular weight is 673 g/mol. The standard InChI is InChI=1S/C33H28N4O8S2/c1-18-27(33(43)44-2)30(47-28(18)29(40)35-21-8-4-3-5-9-21)36-25(38)17-45-32(42)19-11-13-22(14-12-19)37-26(39)16-24(31(37)41)46-23-10-6-7-20(34)15-23/h3-15,24H,16-17,34H2,1-2H3,(H,35,40)(H,36,38). The predicted octanol–water partition coefficient (Wildman–Crippen LogP) is 4.90. The molecule has 4 amide bonds. The Balaban J connectivity index is 1.20. The maximum atomic E-state index is 13.0. The lowest BCUT2D eigenvalue weighted by molar-refractivity contribution is -0.121. The molecular formula is C33H28N4O8S2. The zero-order chi connectivity index (χ0) is 33.7. The van der Waals surface area contributed by atoms with E-state index in [0.29, 0.717) is 22.6 Å². The number of ether oxygens (including phenoxy) is 2. The molecule has 5 rings (SSSR count). The second-order valence-corrected chi connectivity index (χ2v) is 12.5. The van der Waals surface area contributed by atoms with Crippen LogP contribution in [-0.2, 0) is 23.9 Å². The second-order valence-electron chi connectivity index (χ2n) is 10.2. The molecule has 4 N–H and O–H groups in total. The van der Waals surface area contributed by atoms with Gasteiger partial charge in [-0.1, -0.05) is 24.3 Å². The number of amides is 4. The van der Waals surface area contributed by atoms with Gasteiger partial charge in [-0.25, -0.2) is 14.5 Å². The third kappa shape index (κ3) is 7.51. The van der Waals surface area contributed by atoms with E-state index in [-0.39, 0.29) is 39.2 Å². The van der Waals surface area contributed by atoms with Crippen molar-refractivity contribution in [1.29, 1.82) is 0 Å². The van der Waals surface area contributed by atoms with Crippen LogP contribution in [0.4, 0.5) is 22.1 Å². The lowest BCUT2D eigenvalue weighted by Crippen LogP contribution is -2.31. The number of thiophene rings is 1. The van der Waals surface area contributed by atoms with Crippen LogP contribution in [0.1, 0.15) is 42.4 Å². The number of hydrogen-bond acceptors (Lipinski definition) is 11. The lowest BCUT2D eigenvalue weighted by atomic mass is 10.1. The fourth-order valence-electron chi connectivity index (χ4n) is 4.72. The van der Waals surface area contributed by atoms with Crippen LogP contribution in [0.2, 0.25) is 0 Å². The van der Waals surface area contributed by atoms with Crippen LogP contribution >= 0.6 is 23.1 Å². The summed E-state index contributed by atoms with van der Waals surface area (Å²) in [4.78, 5) is 78.7. The van der Waals surface area contributed by atoms with Gasteiger partial charge in [0.2, 0.25) is 11.8 Å². The number of benzene rings is 3. The third-order valence-corrected chi connectivity index (χ3v) is 9.35. The van der Waals surface area contributed by atoms with Crippen LogP contribution in [-0.4, -0.2) is 54.5 Å². The molecule has 12 nitrogen and oxygen atoms in total. The van der Waals surface area contributed by atoms with Crippen LogP contribution < -0.4 is 21.3 Å². The summed E-state index contributed by atoms with van der Waals surface area (Å²) in [6.07, 6.45) is 0.0118. The third-order valence-electron chi connectivity index (χ3n) is 6.96. The minimum atomic E-state index is -0.834. The number of carbonyl (C=O) groups excluding carboxylic acids is 6. The zero-order valence-electron chi connectivity index (χ0n) is 25.1. The zero-order valence-corrected chi connectivity index (χ0v) is 26.7. The van der Waals surface area contributed by atoms with Gasteiger partial charge in [0.25, 0.3) is 11.8 Å². The molecule has 1 aliphatic heterocycles. The Labute approximate surface area is 277 Å². The van der Waals surface area contributed by atoms with Gasteiger partial charge < -0.3 is 25.8 Å². The first kappa shape index (κ1) is 32.9. The van der Waals surface area contributed by atoms with Crippen molar-refractivity contribution in [3.05, 3.63) is 100 Å². The van der Waals surface area contributed by atoms with E-state index >= 15 is 0 Å². The Kier molecular flexibility index (Phi) is 10.0. The Morgan fingerprint density at radius 2 is 1.68 bits per heavy atom. The second kappa shape index (κ2) is 14.3. The van der Waals surface area contributed by atoms with E-state index in [2.05, 4.69) is 10.6 Å². The van der Waals surface area contributed by atoms with E-state index in [1.807, 2.05) is 6.07 Å². The number of rotatable bonds is 10. The smallest absolute Gasteiger partial charge is 0.341 e. The fourth-order valence-corrected chi connectivity index (χ4v) is 6.95. The van der Waals surface area contributed by atoms with E-state index < -0.39 is 35.6 Å². The highest BCUT2D eigenvalue weighted by Crippen LogP contribution is 2.36. The monoisotopic (exact) mass is 672 g/mol. The molecular weight excluding hydrogens is 645 g/mol. The van der Waals surface area contributed by atoms with Gasteiger partial charge in [0.15, 0.2) is 6.61 Å². The summed E-state index contributed by atoms with van der Waals surface area (Å²) in [7, 11) is 1.18. The van der Waals surface area contributed by atoms with Gasteiger partial charge in [-0.15, -0.1) is 23.1 Å². The van der Waals surface area contributed by atoms with Crippen LogP contribution in [0.5, 0.6) is 0 Å². The van der Waals surface area contributed by atoms with Gasteiger partial charge in [0.05, 0.1) is 34.1 Å². The molecule has 1 aromatic heterocycles. The Hall–Kier alpha value is -5.47. The first-order chi connectivity index (χ1) is 22.5. The summed E-state index contributed by atoms with van der Waals surface area (Å²) in [5.41, 5.74) is 7.60. The molecule has 1 fully saturated rings. The molecule has 0 aliphatic carbocycles. The number of nitrogen functional groups attached to an aromatic ring is 1. The summed E-state index contributed by atoms with van der Waals surface area (Å²) < 4.78 is 10.0. The van der Waals surface area contributed by atoms with Crippen molar-refractivity contribution >= 4 is 80.7 Å². The van der Waals surface area contributed by atoms with Gasteiger partial charge in [0.1, 0.15) is 5.00 Å².